The van der Waals surface area contributed by atoms with Gasteiger partial charge >= 0.3 is 5.97 Å². The monoisotopic (exact) mass is 395 g/mol. The molecule has 1 aromatic heterocycles. The lowest BCUT2D eigenvalue weighted by molar-refractivity contribution is -0.116. The van der Waals surface area contributed by atoms with Crippen LogP contribution in [-0.4, -0.2) is 35.8 Å². The van der Waals surface area contributed by atoms with Crippen LogP contribution in [0.25, 0.3) is 0 Å². The highest BCUT2D eigenvalue weighted by atomic mass is 32.2. The number of aromatic nitrogens is 1. The molecular weight excluding hydrogens is 374 g/mol. The number of fused-ring (bicyclic) bond motifs is 1. The van der Waals surface area contributed by atoms with Gasteiger partial charge in [0.25, 0.3) is 0 Å². The van der Waals surface area contributed by atoms with Crippen LogP contribution in [0.1, 0.15) is 40.5 Å². The van der Waals surface area contributed by atoms with Gasteiger partial charge in [-0.05, 0) is 44.4 Å². The summed E-state index contributed by atoms with van der Waals surface area (Å²) in [6.45, 7) is 4.36. The summed E-state index contributed by atoms with van der Waals surface area (Å²) in [5.41, 5.74) is 3.17. The van der Waals surface area contributed by atoms with Gasteiger partial charge in [-0.15, -0.1) is 0 Å². The highest BCUT2D eigenvalue weighted by Gasteiger charge is 2.23. The summed E-state index contributed by atoms with van der Waals surface area (Å²) >= 11 is 1.22. The van der Waals surface area contributed by atoms with Crippen LogP contribution >= 0.6 is 11.8 Å². The molecule has 0 saturated heterocycles. The Morgan fingerprint density at radius 1 is 1.36 bits per heavy atom. The maximum Gasteiger partial charge on any atom is 0.340 e. The molecule has 7 heteroatoms. The van der Waals surface area contributed by atoms with E-state index in [-0.39, 0.29) is 29.4 Å². The maximum absolute atomic E-state index is 12.8. The van der Waals surface area contributed by atoms with Gasteiger partial charge in [0.15, 0.2) is 0 Å². The van der Waals surface area contributed by atoms with E-state index in [9.17, 15) is 14.9 Å². The van der Waals surface area contributed by atoms with Crippen molar-refractivity contribution in [3.63, 3.8) is 0 Å². The molecule has 0 fully saturated rings. The Bertz CT molecular complexity index is 952. The molecule has 0 atom stereocenters. The number of carbonyl (C=O) groups is 2. The SMILES string of the molecule is CCOC(=O)c1cc(C#N)c(SCC(=O)N2CCCc3ccccc32)nc1C. The average molecular weight is 395 g/mol. The van der Waals surface area contributed by atoms with Gasteiger partial charge in [-0.25, -0.2) is 9.78 Å². The first-order chi connectivity index (χ1) is 13.5. The van der Waals surface area contributed by atoms with Gasteiger partial charge in [-0.1, -0.05) is 30.0 Å². The molecule has 1 aliphatic heterocycles. The van der Waals surface area contributed by atoms with E-state index in [1.165, 1.54) is 23.4 Å². The van der Waals surface area contributed by atoms with E-state index < -0.39 is 5.97 Å². The van der Waals surface area contributed by atoms with Crippen molar-refractivity contribution in [2.75, 3.05) is 23.8 Å². The third kappa shape index (κ3) is 4.18. The van der Waals surface area contributed by atoms with Crippen molar-refractivity contribution in [3.05, 3.63) is 52.7 Å². The largest absolute Gasteiger partial charge is 0.462 e. The van der Waals surface area contributed by atoms with E-state index in [4.69, 9.17) is 4.74 Å². The van der Waals surface area contributed by atoms with Gasteiger partial charge in [0.2, 0.25) is 5.91 Å². The van der Waals surface area contributed by atoms with E-state index in [1.54, 1.807) is 18.7 Å². The Morgan fingerprint density at radius 3 is 2.89 bits per heavy atom. The fourth-order valence-corrected chi connectivity index (χ4v) is 4.07. The normalized spacial score (nSPS) is 12.8. The minimum atomic E-state index is -0.499. The zero-order chi connectivity index (χ0) is 20.1. The third-order valence-corrected chi connectivity index (χ3v) is 5.51. The molecule has 0 aliphatic carbocycles. The van der Waals surface area contributed by atoms with E-state index in [0.29, 0.717) is 17.3 Å². The van der Waals surface area contributed by atoms with Gasteiger partial charge in [0.1, 0.15) is 11.1 Å². The number of rotatable bonds is 5. The second kappa shape index (κ2) is 8.89. The van der Waals surface area contributed by atoms with Gasteiger partial charge in [0, 0.05) is 12.2 Å². The Hall–Kier alpha value is -2.85. The first kappa shape index (κ1) is 19.9. The molecule has 0 unspecified atom stereocenters. The Morgan fingerprint density at radius 2 is 2.14 bits per heavy atom. The number of thioether (sulfide) groups is 1. The minimum absolute atomic E-state index is 0.0186. The number of amides is 1. The van der Waals surface area contributed by atoms with Crippen molar-refractivity contribution in [2.45, 2.75) is 31.7 Å². The van der Waals surface area contributed by atoms with Crippen LogP contribution in [0.5, 0.6) is 0 Å². The van der Waals surface area contributed by atoms with Gasteiger partial charge in [-0.3, -0.25) is 4.79 Å². The molecule has 144 valence electrons. The Labute approximate surface area is 168 Å². The number of para-hydroxylation sites is 1. The van der Waals surface area contributed by atoms with Crippen LogP contribution in [0.3, 0.4) is 0 Å². The van der Waals surface area contributed by atoms with E-state index >= 15 is 0 Å². The Balaban J connectivity index is 1.76. The zero-order valence-electron chi connectivity index (χ0n) is 15.9. The molecule has 0 spiro atoms. The van der Waals surface area contributed by atoms with Crippen molar-refractivity contribution in [1.82, 2.24) is 4.98 Å². The summed E-state index contributed by atoms with van der Waals surface area (Å²) in [6.07, 6.45) is 1.91. The molecule has 1 aromatic carbocycles. The lowest BCUT2D eigenvalue weighted by Gasteiger charge is -2.29. The molecule has 2 aromatic rings. The molecule has 1 amide bonds. The second-order valence-corrected chi connectivity index (χ2v) is 7.34. The van der Waals surface area contributed by atoms with Crippen molar-refractivity contribution in [3.8, 4) is 6.07 Å². The highest BCUT2D eigenvalue weighted by Crippen LogP contribution is 2.29. The lowest BCUT2D eigenvalue weighted by atomic mass is 10.0. The predicted octanol–water partition coefficient (Wildman–Crippen LogP) is 3.51. The van der Waals surface area contributed by atoms with Crippen LogP contribution in [0.2, 0.25) is 0 Å². The average Bonchev–Trinajstić information content (AvgIpc) is 2.71. The number of nitrogens with zero attached hydrogens (tertiary/aromatic N) is 3. The van der Waals surface area contributed by atoms with Crippen LogP contribution in [0.15, 0.2) is 35.4 Å². The predicted molar refractivity (Wildman–Crippen MR) is 107 cm³/mol. The number of esters is 1. The number of hydrogen-bond donors (Lipinski definition) is 0. The number of pyridine rings is 1. The quantitative estimate of drug-likeness (QED) is 0.569. The molecule has 0 saturated carbocycles. The summed E-state index contributed by atoms with van der Waals surface area (Å²) < 4.78 is 5.00. The molecule has 3 rings (SSSR count). The van der Waals surface area contributed by atoms with Crippen molar-refractivity contribution < 1.29 is 14.3 Å². The van der Waals surface area contributed by atoms with E-state index in [1.807, 2.05) is 18.2 Å². The Kier molecular flexibility index (Phi) is 6.32. The zero-order valence-corrected chi connectivity index (χ0v) is 16.7. The van der Waals surface area contributed by atoms with Gasteiger partial charge < -0.3 is 9.64 Å². The number of nitriles is 1. The fourth-order valence-electron chi connectivity index (χ4n) is 3.19. The van der Waals surface area contributed by atoms with E-state index in [2.05, 4.69) is 17.1 Å². The standard InChI is InChI=1S/C21H21N3O3S/c1-3-27-21(26)17-11-16(12-22)20(23-14(17)2)28-13-19(25)24-10-6-8-15-7-4-5-9-18(15)24/h4-5,7,9,11H,3,6,8,10,13H2,1-2H3. The van der Waals surface area contributed by atoms with E-state index in [0.717, 1.165) is 18.5 Å². The summed E-state index contributed by atoms with van der Waals surface area (Å²) in [4.78, 5) is 31.0. The maximum atomic E-state index is 12.8. The summed E-state index contributed by atoms with van der Waals surface area (Å²) in [5.74, 6) is -0.342. The van der Waals surface area contributed by atoms with Crippen molar-refractivity contribution >= 4 is 29.3 Å². The van der Waals surface area contributed by atoms with Crippen LogP contribution in [0.4, 0.5) is 5.69 Å². The second-order valence-electron chi connectivity index (χ2n) is 6.37. The summed E-state index contributed by atoms with van der Waals surface area (Å²) in [7, 11) is 0. The number of carbonyl (C=O) groups excluding carboxylic acids is 2. The number of ether oxygens (including phenoxy) is 1. The number of benzene rings is 1. The molecule has 28 heavy (non-hydrogen) atoms. The number of anilines is 1. The first-order valence-electron chi connectivity index (χ1n) is 9.15. The molecule has 0 N–H and O–H groups in total. The highest BCUT2D eigenvalue weighted by molar-refractivity contribution is 8.00. The van der Waals surface area contributed by atoms with Crippen molar-refractivity contribution in [1.29, 1.82) is 5.26 Å². The van der Waals surface area contributed by atoms with Crippen LogP contribution < -0.4 is 4.90 Å². The van der Waals surface area contributed by atoms with Gasteiger partial charge in [0.05, 0.1) is 29.2 Å². The topological polar surface area (TPSA) is 83.3 Å². The summed E-state index contributed by atoms with van der Waals surface area (Å²) in [6, 6.07) is 11.5. The third-order valence-electron chi connectivity index (χ3n) is 4.54. The number of aryl methyl sites for hydroxylation is 2. The van der Waals surface area contributed by atoms with Crippen LogP contribution in [-0.2, 0) is 16.0 Å². The van der Waals surface area contributed by atoms with Crippen LogP contribution in [0, 0.1) is 18.3 Å². The lowest BCUT2D eigenvalue weighted by Crippen LogP contribution is -2.36. The van der Waals surface area contributed by atoms with Gasteiger partial charge in [-0.2, -0.15) is 5.26 Å². The molecule has 6 nitrogen and oxygen atoms in total. The molecule has 0 bridgehead atoms. The minimum Gasteiger partial charge on any atom is -0.462 e. The number of hydrogen-bond acceptors (Lipinski definition) is 6. The molecule has 1 aliphatic rings. The molecular formula is C21H21N3O3S. The fraction of sp³-hybridized carbons (Fsp3) is 0.333. The first-order valence-corrected chi connectivity index (χ1v) is 10.1. The summed E-state index contributed by atoms with van der Waals surface area (Å²) in [5, 5.41) is 9.89. The molecule has 2 heterocycles. The van der Waals surface area contributed by atoms with Crippen molar-refractivity contribution in [2.24, 2.45) is 0 Å². The molecule has 0 radical (unpaired) electrons. The smallest absolute Gasteiger partial charge is 0.340 e.